The van der Waals surface area contributed by atoms with Crippen molar-refractivity contribution in [2.45, 2.75) is 13.1 Å². The lowest BCUT2D eigenvalue weighted by atomic mass is 10.1. The summed E-state index contributed by atoms with van der Waals surface area (Å²) >= 11 is 0. The fraction of sp³-hybridized carbons (Fsp3) is 0.188. The van der Waals surface area contributed by atoms with Crippen LogP contribution in [0, 0.1) is 0 Å². The fourth-order valence-corrected chi connectivity index (χ4v) is 2.37. The molecule has 0 saturated heterocycles. The van der Waals surface area contributed by atoms with Gasteiger partial charge in [0.05, 0.1) is 0 Å². The van der Waals surface area contributed by atoms with Gasteiger partial charge in [-0.1, -0.05) is 18.2 Å². The van der Waals surface area contributed by atoms with Gasteiger partial charge in [-0.25, -0.2) is 0 Å². The van der Waals surface area contributed by atoms with Gasteiger partial charge in [0.15, 0.2) is 0 Å². The zero-order valence-electron chi connectivity index (χ0n) is 11.0. The number of rotatable bonds is 4. The topological polar surface area (TPSA) is 29.9 Å². The molecule has 19 heavy (non-hydrogen) atoms. The maximum atomic E-state index is 4.17. The van der Waals surface area contributed by atoms with Crippen molar-refractivity contribution >= 4 is 10.9 Å². The molecule has 0 fully saturated rings. The quantitative estimate of drug-likeness (QED) is 0.772. The highest BCUT2D eigenvalue weighted by Crippen LogP contribution is 2.19. The Bertz CT molecular complexity index is 671. The molecule has 0 spiro atoms. The summed E-state index contributed by atoms with van der Waals surface area (Å²) in [5.74, 6) is 0. The van der Waals surface area contributed by atoms with Gasteiger partial charge in [-0.15, -0.1) is 0 Å². The first-order valence-corrected chi connectivity index (χ1v) is 6.48. The van der Waals surface area contributed by atoms with Crippen molar-refractivity contribution in [2.75, 3.05) is 7.05 Å². The first-order chi connectivity index (χ1) is 9.36. The largest absolute Gasteiger partial charge is 0.343 e. The van der Waals surface area contributed by atoms with E-state index in [4.69, 9.17) is 0 Å². The van der Waals surface area contributed by atoms with Crippen LogP contribution in [0.15, 0.2) is 55.0 Å². The summed E-state index contributed by atoms with van der Waals surface area (Å²) in [4.78, 5) is 4.17. The van der Waals surface area contributed by atoms with Crippen LogP contribution in [0.5, 0.6) is 0 Å². The van der Waals surface area contributed by atoms with Crippen LogP contribution in [0.1, 0.15) is 11.1 Å². The Balaban J connectivity index is 1.97. The Kier molecular flexibility index (Phi) is 3.29. The number of fused-ring (bicyclic) bond motifs is 1. The third kappa shape index (κ3) is 2.51. The molecule has 0 unspecified atom stereocenters. The van der Waals surface area contributed by atoms with Crippen molar-refractivity contribution in [2.24, 2.45) is 0 Å². The summed E-state index contributed by atoms with van der Waals surface area (Å²) in [5.41, 5.74) is 3.80. The lowest BCUT2D eigenvalue weighted by molar-refractivity contribution is 0.811. The zero-order chi connectivity index (χ0) is 13.1. The predicted molar refractivity (Wildman–Crippen MR) is 78.0 cm³/mol. The van der Waals surface area contributed by atoms with Gasteiger partial charge >= 0.3 is 0 Å². The zero-order valence-corrected chi connectivity index (χ0v) is 11.0. The van der Waals surface area contributed by atoms with Crippen LogP contribution in [0.25, 0.3) is 10.9 Å². The molecule has 3 heteroatoms. The van der Waals surface area contributed by atoms with Crippen LogP contribution in [0.3, 0.4) is 0 Å². The fourth-order valence-electron chi connectivity index (χ4n) is 2.37. The molecule has 96 valence electrons. The summed E-state index contributed by atoms with van der Waals surface area (Å²) < 4.78 is 2.27. The molecular formula is C16H17N3. The SMILES string of the molecule is CNCc1ccc2ccn(Cc3cccnc3)c2c1. The van der Waals surface area contributed by atoms with Gasteiger partial charge in [-0.05, 0) is 41.8 Å². The van der Waals surface area contributed by atoms with E-state index in [1.807, 2.05) is 25.5 Å². The lowest BCUT2D eigenvalue weighted by Crippen LogP contribution is -2.05. The Labute approximate surface area is 112 Å². The van der Waals surface area contributed by atoms with E-state index in [2.05, 4.69) is 51.4 Å². The minimum absolute atomic E-state index is 0.861. The van der Waals surface area contributed by atoms with Crippen molar-refractivity contribution in [1.82, 2.24) is 14.9 Å². The van der Waals surface area contributed by atoms with Crippen molar-refractivity contribution in [1.29, 1.82) is 0 Å². The van der Waals surface area contributed by atoms with E-state index in [0.717, 1.165) is 13.1 Å². The summed E-state index contributed by atoms with van der Waals surface area (Å²) in [7, 11) is 1.97. The average Bonchev–Trinajstić information content (AvgIpc) is 2.83. The number of aromatic nitrogens is 2. The molecule has 3 aromatic rings. The summed E-state index contributed by atoms with van der Waals surface area (Å²) in [5, 5.41) is 4.47. The van der Waals surface area contributed by atoms with Gasteiger partial charge in [-0.2, -0.15) is 0 Å². The van der Waals surface area contributed by atoms with E-state index in [9.17, 15) is 0 Å². The van der Waals surface area contributed by atoms with Gasteiger partial charge in [0.1, 0.15) is 0 Å². The monoisotopic (exact) mass is 251 g/mol. The smallest absolute Gasteiger partial charge is 0.0491 e. The van der Waals surface area contributed by atoms with Crippen LogP contribution >= 0.6 is 0 Å². The molecule has 1 N–H and O–H groups in total. The maximum Gasteiger partial charge on any atom is 0.0491 e. The highest BCUT2D eigenvalue weighted by molar-refractivity contribution is 5.80. The molecule has 2 heterocycles. The maximum absolute atomic E-state index is 4.17. The van der Waals surface area contributed by atoms with Gasteiger partial charge in [0, 0.05) is 37.2 Å². The van der Waals surface area contributed by atoms with E-state index in [0.29, 0.717) is 0 Å². The van der Waals surface area contributed by atoms with E-state index in [1.165, 1.54) is 22.0 Å². The number of pyridine rings is 1. The number of nitrogens with zero attached hydrogens (tertiary/aromatic N) is 2. The number of hydrogen-bond acceptors (Lipinski definition) is 2. The Morgan fingerprint density at radius 1 is 1.16 bits per heavy atom. The molecule has 0 aliphatic heterocycles. The standard InChI is InChI=1S/C16H17N3/c1-17-10-13-4-5-15-6-8-19(16(15)9-13)12-14-3-2-7-18-11-14/h2-9,11,17H,10,12H2,1H3. The molecule has 0 bridgehead atoms. The Morgan fingerprint density at radius 2 is 2.11 bits per heavy atom. The van der Waals surface area contributed by atoms with Crippen molar-refractivity contribution in [3.63, 3.8) is 0 Å². The molecule has 0 saturated carbocycles. The molecule has 0 amide bonds. The minimum Gasteiger partial charge on any atom is -0.343 e. The number of nitrogens with one attached hydrogen (secondary N) is 1. The second-order valence-corrected chi connectivity index (χ2v) is 4.73. The van der Waals surface area contributed by atoms with Gasteiger partial charge in [0.2, 0.25) is 0 Å². The van der Waals surface area contributed by atoms with Crippen LogP contribution in [0.2, 0.25) is 0 Å². The molecule has 3 rings (SSSR count). The highest BCUT2D eigenvalue weighted by Gasteiger charge is 2.03. The highest BCUT2D eigenvalue weighted by atomic mass is 15.0. The van der Waals surface area contributed by atoms with Gasteiger partial charge in [0.25, 0.3) is 0 Å². The summed E-state index contributed by atoms with van der Waals surface area (Å²) in [6.45, 7) is 1.76. The van der Waals surface area contributed by atoms with Crippen molar-refractivity contribution in [3.8, 4) is 0 Å². The second kappa shape index (κ2) is 5.24. The molecular weight excluding hydrogens is 234 g/mol. The van der Waals surface area contributed by atoms with Crippen molar-refractivity contribution < 1.29 is 0 Å². The Hall–Kier alpha value is -2.13. The van der Waals surface area contributed by atoms with E-state index in [-0.39, 0.29) is 0 Å². The van der Waals surface area contributed by atoms with E-state index >= 15 is 0 Å². The van der Waals surface area contributed by atoms with E-state index in [1.54, 1.807) is 0 Å². The molecule has 0 radical (unpaired) electrons. The van der Waals surface area contributed by atoms with Crippen LogP contribution in [0.4, 0.5) is 0 Å². The van der Waals surface area contributed by atoms with E-state index < -0.39 is 0 Å². The molecule has 0 atom stereocenters. The summed E-state index contributed by atoms with van der Waals surface area (Å²) in [6.07, 6.45) is 5.87. The van der Waals surface area contributed by atoms with Crippen LogP contribution in [-0.2, 0) is 13.1 Å². The lowest BCUT2D eigenvalue weighted by Gasteiger charge is -2.07. The first-order valence-electron chi connectivity index (χ1n) is 6.48. The summed E-state index contributed by atoms with van der Waals surface area (Å²) in [6, 6.07) is 12.9. The third-order valence-electron chi connectivity index (χ3n) is 3.29. The van der Waals surface area contributed by atoms with Crippen LogP contribution in [-0.4, -0.2) is 16.6 Å². The molecule has 3 nitrogen and oxygen atoms in total. The number of hydrogen-bond donors (Lipinski definition) is 1. The second-order valence-electron chi connectivity index (χ2n) is 4.73. The average molecular weight is 251 g/mol. The predicted octanol–water partition coefficient (Wildman–Crippen LogP) is 2.80. The third-order valence-corrected chi connectivity index (χ3v) is 3.29. The molecule has 0 aliphatic rings. The first kappa shape index (κ1) is 11.9. The molecule has 0 aliphatic carbocycles. The van der Waals surface area contributed by atoms with Gasteiger partial charge in [-0.3, -0.25) is 4.98 Å². The normalized spacial score (nSPS) is 11.0. The molecule has 1 aromatic carbocycles. The van der Waals surface area contributed by atoms with Crippen molar-refractivity contribution in [3.05, 3.63) is 66.1 Å². The number of benzene rings is 1. The minimum atomic E-state index is 0.861. The Morgan fingerprint density at radius 3 is 2.89 bits per heavy atom. The van der Waals surface area contributed by atoms with Gasteiger partial charge < -0.3 is 9.88 Å². The molecule has 2 aromatic heterocycles. The van der Waals surface area contributed by atoms with Crippen LogP contribution < -0.4 is 5.32 Å².